The summed E-state index contributed by atoms with van der Waals surface area (Å²) in [4.78, 5) is 22.8. The molecule has 0 aliphatic carbocycles. The van der Waals surface area contributed by atoms with Crippen molar-refractivity contribution in [2.24, 2.45) is 5.92 Å². The van der Waals surface area contributed by atoms with E-state index in [0.29, 0.717) is 31.2 Å². The van der Waals surface area contributed by atoms with E-state index < -0.39 is 0 Å². The highest BCUT2D eigenvalue weighted by Crippen LogP contribution is 2.28. The zero-order chi connectivity index (χ0) is 22.1. The fourth-order valence-corrected chi connectivity index (χ4v) is 4.59. The van der Waals surface area contributed by atoms with Crippen LogP contribution in [-0.2, 0) is 30.6 Å². The van der Waals surface area contributed by atoms with Crippen LogP contribution in [0.1, 0.15) is 43.0 Å². The summed E-state index contributed by atoms with van der Waals surface area (Å²) in [5, 5.41) is 1.22. The van der Waals surface area contributed by atoms with Crippen LogP contribution in [0.2, 0.25) is 0 Å². The first-order chi connectivity index (χ1) is 15.6. The fourth-order valence-electron chi connectivity index (χ4n) is 4.59. The zero-order valence-corrected chi connectivity index (χ0v) is 18.7. The number of aryl methyl sites for hydroxylation is 1. The Kier molecular flexibility index (Phi) is 5.56. The average molecular weight is 428 g/mol. The number of nitrogens with one attached hydrogen (secondary N) is 1. The van der Waals surface area contributed by atoms with Gasteiger partial charge in [-0.2, -0.15) is 0 Å². The number of fused-ring (bicyclic) bond motifs is 3. The minimum Gasteiger partial charge on any atom is -0.441 e. The van der Waals surface area contributed by atoms with Gasteiger partial charge in [-0.25, -0.2) is 4.98 Å². The van der Waals surface area contributed by atoms with Crippen molar-refractivity contribution in [1.82, 2.24) is 14.9 Å². The number of hydrogen-bond donors (Lipinski definition) is 1. The summed E-state index contributed by atoms with van der Waals surface area (Å²) < 4.78 is 5.94. The first-order valence-corrected chi connectivity index (χ1v) is 11.5. The van der Waals surface area contributed by atoms with Gasteiger partial charge in [-0.05, 0) is 24.0 Å². The molecule has 1 aliphatic heterocycles. The summed E-state index contributed by atoms with van der Waals surface area (Å²) in [6.07, 6.45) is 4.62. The monoisotopic (exact) mass is 427 g/mol. The third-order valence-corrected chi connectivity index (χ3v) is 6.22. The lowest BCUT2D eigenvalue weighted by atomic mass is 10.0. The molecule has 1 aliphatic rings. The zero-order valence-electron chi connectivity index (χ0n) is 18.7. The van der Waals surface area contributed by atoms with Crippen molar-refractivity contribution >= 4 is 16.8 Å². The molecule has 5 rings (SSSR count). The molecule has 1 amide bonds. The van der Waals surface area contributed by atoms with Gasteiger partial charge < -0.3 is 14.3 Å². The van der Waals surface area contributed by atoms with Crippen LogP contribution < -0.4 is 0 Å². The number of rotatable bonds is 6. The van der Waals surface area contributed by atoms with Gasteiger partial charge >= 0.3 is 0 Å². The predicted molar refractivity (Wildman–Crippen MR) is 126 cm³/mol. The molecule has 1 N–H and O–H groups in total. The molecule has 0 spiro atoms. The molecular formula is C27H29N3O2. The number of amides is 1. The van der Waals surface area contributed by atoms with Crippen molar-refractivity contribution in [3.05, 3.63) is 77.4 Å². The molecule has 5 heteroatoms. The summed E-state index contributed by atoms with van der Waals surface area (Å²) in [6, 6.07) is 16.8. The Morgan fingerprint density at radius 2 is 1.97 bits per heavy atom. The van der Waals surface area contributed by atoms with E-state index in [4.69, 9.17) is 4.42 Å². The summed E-state index contributed by atoms with van der Waals surface area (Å²) >= 11 is 0. The first kappa shape index (κ1) is 20.6. The van der Waals surface area contributed by atoms with E-state index in [2.05, 4.69) is 66.3 Å². The molecule has 0 atom stereocenters. The van der Waals surface area contributed by atoms with Crippen molar-refractivity contribution in [3.8, 4) is 11.3 Å². The number of aromatic nitrogens is 2. The van der Waals surface area contributed by atoms with Crippen molar-refractivity contribution in [2.45, 2.75) is 46.1 Å². The minimum atomic E-state index is 0.152. The molecule has 0 unspecified atom stereocenters. The van der Waals surface area contributed by atoms with Gasteiger partial charge in [0, 0.05) is 60.1 Å². The van der Waals surface area contributed by atoms with Crippen LogP contribution in [-0.4, -0.2) is 27.3 Å². The number of benzene rings is 2. The molecule has 2 aromatic heterocycles. The summed E-state index contributed by atoms with van der Waals surface area (Å²) in [5.74, 6) is 2.16. The lowest BCUT2D eigenvalue weighted by molar-refractivity contribution is -0.132. The van der Waals surface area contributed by atoms with E-state index >= 15 is 0 Å². The minimum absolute atomic E-state index is 0.152. The van der Waals surface area contributed by atoms with E-state index in [0.717, 1.165) is 36.2 Å². The van der Waals surface area contributed by atoms with E-state index in [1.165, 1.54) is 22.2 Å². The molecule has 0 bridgehead atoms. The first-order valence-electron chi connectivity index (χ1n) is 11.5. The summed E-state index contributed by atoms with van der Waals surface area (Å²) in [5.41, 5.74) is 6.00. The molecular weight excluding hydrogens is 398 g/mol. The van der Waals surface area contributed by atoms with Crippen LogP contribution >= 0.6 is 0 Å². The maximum atomic E-state index is 12.9. The fraction of sp³-hybridized carbons (Fsp3) is 0.333. The molecule has 3 heterocycles. The maximum Gasteiger partial charge on any atom is 0.223 e. The van der Waals surface area contributed by atoms with Crippen molar-refractivity contribution in [3.63, 3.8) is 0 Å². The number of H-pyrrole nitrogens is 1. The normalized spacial score (nSPS) is 13.7. The Hall–Kier alpha value is -3.34. The predicted octanol–water partition coefficient (Wildman–Crippen LogP) is 5.54. The number of para-hydroxylation sites is 1. The van der Waals surface area contributed by atoms with Crippen LogP contribution in [0.15, 0.2) is 59.1 Å². The van der Waals surface area contributed by atoms with Crippen molar-refractivity contribution < 1.29 is 9.21 Å². The molecule has 5 nitrogen and oxygen atoms in total. The number of carbonyl (C=O) groups excluding carboxylic acids is 1. The Labute approximate surface area is 188 Å². The molecule has 32 heavy (non-hydrogen) atoms. The maximum absolute atomic E-state index is 12.9. The van der Waals surface area contributed by atoms with E-state index in [9.17, 15) is 4.79 Å². The Bertz CT molecular complexity index is 1230. The van der Waals surface area contributed by atoms with Gasteiger partial charge in [0.25, 0.3) is 0 Å². The Balaban J connectivity index is 1.20. The smallest absolute Gasteiger partial charge is 0.223 e. The van der Waals surface area contributed by atoms with Gasteiger partial charge in [-0.1, -0.05) is 56.3 Å². The van der Waals surface area contributed by atoms with Gasteiger partial charge in [0.1, 0.15) is 0 Å². The number of carbonyl (C=O) groups is 1. The summed E-state index contributed by atoms with van der Waals surface area (Å²) in [7, 11) is 0. The van der Waals surface area contributed by atoms with E-state index in [-0.39, 0.29) is 5.91 Å². The molecule has 2 aromatic carbocycles. The number of aromatic amines is 1. The standard InChI is InChI=1S/C27H29N3O2/c1-18(2)15-19-7-9-20(10-8-19)25-16-28-26(32-25)11-12-27(31)30-14-13-24-22(17-30)21-5-3-4-6-23(21)29-24/h3-10,16,18,29H,11-15,17H2,1-2H3. The highest BCUT2D eigenvalue weighted by molar-refractivity contribution is 5.86. The molecule has 164 valence electrons. The third-order valence-electron chi connectivity index (χ3n) is 6.22. The largest absolute Gasteiger partial charge is 0.441 e. The topological polar surface area (TPSA) is 62.1 Å². The number of oxazole rings is 1. The molecule has 0 saturated carbocycles. The van der Waals surface area contributed by atoms with Crippen LogP contribution in [0.4, 0.5) is 0 Å². The molecule has 0 saturated heterocycles. The van der Waals surface area contributed by atoms with Crippen molar-refractivity contribution in [1.29, 1.82) is 0 Å². The second-order valence-corrected chi connectivity index (χ2v) is 9.11. The van der Waals surface area contributed by atoms with Gasteiger partial charge in [0.2, 0.25) is 5.91 Å². The van der Waals surface area contributed by atoms with Crippen LogP contribution in [0.25, 0.3) is 22.2 Å². The molecule has 4 aromatic rings. The summed E-state index contributed by atoms with van der Waals surface area (Å²) in [6.45, 7) is 5.86. The Morgan fingerprint density at radius 1 is 1.16 bits per heavy atom. The molecule has 0 radical (unpaired) electrons. The van der Waals surface area contributed by atoms with Crippen LogP contribution in [0.5, 0.6) is 0 Å². The lowest BCUT2D eigenvalue weighted by Crippen LogP contribution is -2.35. The number of nitrogens with zero attached hydrogens (tertiary/aromatic N) is 2. The quantitative estimate of drug-likeness (QED) is 0.439. The van der Waals surface area contributed by atoms with Gasteiger partial charge in [-0.15, -0.1) is 0 Å². The van der Waals surface area contributed by atoms with Crippen LogP contribution in [0, 0.1) is 5.92 Å². The SMILES string of the molecule is CC(C)Cc1ccc(-c2cnc(CCC(=O)N3CCc4[nH]c5ccccc5c4C3)o2)cc1. The second-order valence-electron chi connectivity index (χ2n) is 9.11. The van der Waals surface area contributed by atoms with Crippen molar-refractivity contribution in [2.75, 3.05) is 6.54 Å². The number of hydrogen-bond acceptors (Lipinski definition) is 3. The Morgan fingerprint density at radius 3 is 2.78 bits per heavy atom. The third kappa shape index (κ3) is 4.20. The average Bonchev–Trinajstić information content (AvgIpc) is 3.42. The highest BCUT2D eigenvalue weighted by atomic mass is 16.4. The molecule has 0 fully saturated rings. The van der Waals surface area contributed by atoms with Crippen LogP contribution in [0.3, 0.4) is 0 Å². The van der Waals surface area contributed by atoms with Gasteiger partial charge in [0.05, 0.1) is 6.20 Å². The van der Waals surface area contributed by atoms with E-state index in [1.54, 1.807) is 6.20 Å². The van der Waals surface area contributed by atoms with Gasteiger partial charge in [0.15, 0.2) is 11.7 Å². The van der Waals surface area contributed by atoms with E-state index in [1.807, 2.05) is 11.0 Å². The highest BCUT2D eigenvalue weighted by Gasteiger charge is 2.24. The second kappa shape index (κ2) is 8.65. The van der Waals surface area contributed by atoms with Gasteiger partial charge in [-0.3, -0.25) is 4.79 Å². The lowest BCUT2D eigenvalue weighted by Gasteiger charge is -2.27.